The minimum atomic E-state index is 0.357. The van der Waals surface area contributed by atoms with Gasteiger partial charge < -0.3 is 4.90 Å². The fourth-order valence-electron chi connectivity index (χ4n) is 2.72. The molecule has 14 heavy (non-hydrogen) atoms. The van der Waals surface area contributed by atoms with E-state index in [0.29, 0.717) is 11.8 Å². The van der Waals surface area contributed by atoms with Crippen LogP contribution in [0.1, 0.15) is 32.1 Å². The van der Waals surface area contributed by atoms with Crippen molar-refractivity contribution in [3.63, 3.8) is 0 Å². The van der Waals surface area contributed by atoms with Crippen molar-refractivity contribution in [3.05, 3.63) is 0 Å². The number of likely N-dealkylation sites (tertiary alicyclic amines) is 1. The predicted molar refractivity (Wildman–Crippen MR) is 56.7 cm³/mol. The van der Waals surface area contributed by atoms with Gasteiger partial charge in [-0.15, -0.1) is 0 Å². The summed E-state index contributed by atoms with van der Waals surface area (Å²) in [7, 11) is 2.19. The zero-order valence-corrected chi connectivity index (χ0v) is 9.08. The first-order valence-electron chi connectivity index (χ1n) is 5.89. The van der Waals surface area contributed by atoms with E-state index in [4.69, 9.17) is 0 Å². The maximum Gasteiger partial charge on any atom is 0.0662 e. The molecule has 2 unspecified atom stereocenters. The van der Waals surface area contributed by atoms with Crippen LogP contribution in [0.2, 0.25) is 0 Å². The van der Waals surface area contributed by atoms with Crippen LogP contribution in [-0.4, -0.2) is 25.0 Å². The van der Waals surface area contributed by atoms with Crippen molar-refractivity contribution in [1.29, 1.82) is 5.26 Å². The molecule has 1 aliphatic heterocycles. The quantitative estimate of drug-likeness (QED) is 0.671. The summed E-state index contributed by atoms with van der Waals surface area (Å²) in [5.41, 5.74) is 0. The highest BCUT2D eigenvalue weighted by Crippen LogP contribution is 2.42. The Morgan fingerprint density at radius 2 is 2.00 bits per heavy atom. The zero-order valence-electron chi connectivity index (χ0n) is 9.08. The molecular weight excluding hydrogens is 172 g/mol. The van der Waals surface area contributed by atoms with Crippen molar-refractivity contribution in [2.75, 3.05) is 20.1 Å². The van der Waals surface area contributed by atoms with E-state index < -0.39 is 0 Å². The monoisotopic (exact) mass is 192 g/mol. The van der Waals surface area contributed by atoms with E-state index in [2.05, 4.69) is 18.0 Å². The molecule has 1 aliphatic carbocycles. The molecule has 78 valence electrons. The van der Waals surface area contributed by atoms with E-state index in [1.807, 2.05) is 0 Å². The van der Waals surface area contributed by atoms with Crippen LogP contribution in [0.25, 0.3) is 0 Å². The largest absolute Gasteiger partial charge is 0.306 e. The summed E-state index contributed by atoms with van der Waals surface area (Å²) in [4.78, 5) is 2.41. The third-order valence-corrected chi connectivity index (χ3v) is 3.70. The fraction of sp³-hybridized carbons (Fsp3) is 0.917. The standard InChI is InChI=1S/C12H20N2/c1-14-7-3-2-4-11(9-14)12(8-13)10-5-6-10/h10-12H,2-7,9H2,1H3. The lowest BCUT2D eigenvalue weighted by Gasteiger charge is -2.23. The van der Waals surface area contributed by atoms with Gasteiger partial charge >= 0.3 is 0 Å². The second-order valence-corrected chi connectivity index (χ2v) is 5.01. The van der Waals surface area contributed by atoms with Crippen molar-refractivity contribution >= 4 is 0 Å². The Labute approximate surface area is 86.9 Å². The molecule has 0 radical (unpaired) electrons. The smallest absolute Gasteiger partial charge is 0.0662 e. The normalized spacial score (nSPS) is 31.9. The third-order valence-electron chi connectivity index (χ3n) is 3.70. The Hall–Kier alpha value is -0.550. The van der Waals surface area contributed by atoms with Crippen molar-refractivity contribution in [3.8, 4) is 6.07 Å². The highest BCUT2D eigenvalue weighted by molar-refractivity contribution is 4.99. The van der Waals surface area contributed by atoms with E-state index >= 15 is 0 Å². The van der Waals surface area contributed by atoms with Crippen molar-refractivity contribution < 1.29 is 0 Å². The van der Waals surface area contributed by atoms with E-state index in [-0.39, 0.29) is 0 Å². The third kappa shape index (κ3) is 2.27. The highest BCUT2D eigenvalue weighted by Gasteiger charge is 2.37. The molecule has 2 atom stereocenters. The second-order valence-electron chi connectivity index (χ2n) is 5.01. The average molecular weight is 192 g/mol. The average Bonchev–Trinajstić information content (AvgIpc) is 2.96. The Bertz CT molecular complexity index is 227. The van der Waals surface area contributed by atoms with Crippen LogP contribution in [0.3, 0.4) is 0 Å². The van der Waals surface area contributed by atoms with E-state index in [9.17, 15) is 5.26 Å². The van der Waals surface area contributed by atoms with Crippen molar-refractivity contribution in [2.24, 2.45) is 17.8 Å². The van der Waals surface area contributed by atoms with Crippen LogP contribution < -0.4 is 0 Å². The highest BCUT2D eigenvalue weighted by atomic mass is 15.1. The van der Waals surface area contributed by atoms with Gasteiger partial charge in [0, 0.05) is 6.54 Å². The number of rotatable bonds is 2. The molecule has 0 N–H and O–H groups in total. The van der Waals surface area contributed by atoms with Gasteiger partial charge in [-0.25, -0.2) is 0 Å². The van der Waals surface area contributed by atoms with Gasteiger partial charge in [-0.05, 0) is 51.1 Å². The van der Waals surface area contributed by atoms with Crippen LogP contribution >= 0.6 is 0 Å². The molecule has 2 aliphatic rings. The lowest BCUT2D eigenvalue weighted by atomic mass is 9.86. The first-order valence-corrected chi connectivity index (χ1v) is 5.89. The molecule has 2 rings (SSSR count). The maximum atomic E-state index is 9.20. The maximum absolute atomic E-state index is 9.20. The van der Waals surface area contributed by atoms with E-state index in [1.54, 1.807) is 0 Å². The summed E-state index contributed by atoms with van der Waals surface area (Å²) < 4.78 is 0. The summed E-state index contributed by atoms with van der Waals surface area (Å²) in [6.07, 6.45) is 6.52. The molecule has 0 aromatic rings. The summed E-state index contributed by atoms with van der Waals surface area (Å²) in [6.45, 7) is 2.37. The van der Waals surface area contributed by atoms with Crippen molar-refractivity contribution in [1.82, 2.24) is 4.90 Å². The lowest BCUT2D eigenvalue weighted by molar-refractivity contribution is 0.250. The number of nitrogens with zero attached hydrogens (tertiary/aromatic N) is 2. The van der Waals surface area contributed by atoms with E-state index in [1.165, 1.54) is 38.6 Å². The summed E-state index contributed by atoms with van der Waals surface area (Å²) >= 11 is 0. The molecule has 1 heterocycles. The second kappa shape index (κ2) is 4.31. The molecule has 1 saturated carbocycles. The molecule has 0 spiro atoms. The van der Waals surface area contributed by atoms with Crippen molar-refractivity contribution in [2.45, 2.75) is 32.1 Å². The molecule has 0 aromatic carbocycles. The van der Waals surface area contributed by atoms with Gasteiger partial charge in [0.15, 0.2) is 0 Å². The summed E-state index contributed by atoms with van der Waals surface area (Å²) in [6, 6.07) is 2.56. The van der Waals surface area contributed by atoms with Crippen LogP contribution in [0, 0.1) is 29.1 Å². The van der Waals surface area contributed by atoms with Gasteiger partial charge in [0.05, 0.1) is 12.0 Å². The fourth-order valence-corrected chi connectivity index (χ4v) is 2.72. The van der Waals surface area contributed by atoms with Crippen LogP contribution in [0.4, 0.5) is 0 Å². The lowest BCUT2D eigenvalue weighted by Crippen LogP contribution is -2.28. The van der Waals surface area contributed by atoms with Gasteiger partial charge in [-0.1, -0.05) is 6.42 Å². The molecule has 2 heteroatoms. The number of nitriles is 1. The van der Waals surface area contributed by atoms with Gasteiger partial charge in [-0.2, -0.15) is 5.26 Å². The molecule has 2 nitrogen and oxygen atoms in total. The van der Waals surface area contributed by atoms with Crippen LogP contribution in [0.5, 0.6) is 0 Å². The summed E-state index contributed by atoms with van der Waals surface area (Å²) in [5, 5.41) is 9.20. The van der Waals surface area contributed by atoms with Gasteiger partial charge in [0.25, 0.3) is 0 Å². The Balaban J connectivity index is 1.96. The van der Waals surface area contributed by atoms with Crippen LogP contribution in [0.15, 0.2) is 0 Å². The first-order chi connectivity index (χ1) is 6.81. The molecular formula is C12H20N2. The Morgan fingerprint density at radius 3 is 2.64 bits per heavy atom. The molecule has 0 aromatic heterocycles. The predicted octanol–water partition coefficient (Wildman–Crippen LogP) is 2.27. The SMILES string of the molecule is CN1CCCCC(C(C#N)C2CC2)C1. The summed E-state index contributed by atoms with van der Waals surface area (Å²) in [5.74, 6) is 1.76. The van der Waals surface area contributed by atoms with Gasteiger partial charge in [0.1, 0.15) is 0 Å². The number of hydrogen-bond donors (Lipinski definition) is 0. The molecule has 1 saturated heterocycles. The van der Waals surface area contributed by atoms with E-state index in [0.717, 1.165) is 12.5 Å². The molecule has 2 fully saturated rings. The zero-order chi connectivity index (χ0) is 9.97. The van der Waals surface area contributed by atoms with Crippen LogP contribution in [-0.2, 0) is 0 Å². The topological polar surface area (TPSA) is 27.0 Å². The first kappa shape index (κ1) is 9.98. The Kier molecular flexibility index (Phi) is 3.08. The molecule has 0 amide bonds. The number of hydrogen-bond acceptors (Lipinski definition) is 2. The molecule has 0 bridgehead atoms. The van der Waals surface area contributed by atoms with Gasteiger partial charge in [-0.3, -0.25) is 0 Å². The minimum Gasteiger partial charge on any atom is -0.306 e. The van der Waals surface area contributed by atoms with Gasteiger partial charge in [0.2, 0.25) is 0 Å². The minimum absolute atomic E-state index is 0.357. The Morgan fingerprint density at radius 1 is 1.21 bits per heavy atom.